The number of rotatable bonds is 8. The lowest BCUT2D eigenvalue weighted by Crippen LogP contribution is -2.30. The molecule has 0 radical (unpaired) electrons. The molecule has 0 amide bonds. The highest BCUT2D eigenvalue weighted by atomic mass is 16.5. The molecule has 17 heavy (non-hydrogen) atoms. The van der Waals surface area contributed by atoms with Crippen LogP contribution in [0.5, 0.6) is 0 Å². The third kappa shape index (κ3) is 4.11. The molecule has 0 bridgehead atoms. The van der Waals surface area contributed by atoms with Gasteiger partial charge < -0.3 is 4.74 Å². The third-order valence-corrected chi connectivity index (χ3v) is 3.01. The minimum Gasteiger partial charge on any atom is -0.382 e. The molecular formula is C12H24N4O. The van der Waals surface area contributed by atoms with Crippen LogP contribution in [0.4, 0.5) is 0 Å². The summed E-state index contributed by atoms with van der Waals surface area (Å²) in [5.41, 5.74) is 4.02. The van der Waals surface area contributed by atoms with Gasteiger partial charge in [0.25, 0.3) is 0 Å². The lowest BCUT2D eigenvalue weighted by molar-refractivity contribution is 0.105. The first-order valence-electron chi connectivity index (χ1n) is 6.23. The average molecular weight is 240 g/mol. The lowest BCUT2D eigenvalue weighted by Gasteiger charge is -2.19. The van der Waals surface area contributed by atoms with E-state index in [-0.39, 0.29) is 12.1 Å². The molecule has 0 aliphatic rings. The van der Waals surface area contributed by atoms with E-state index >= 15 is 0 Å². The highest BCUT2D eigenvalue weighted by Gasteiger charge is 2.15. The number of nitrogens with two attached hydrogens (primary N) is 1. The van der Waals surface area contributed by atoms with Gasteiger partial charge in [-0.05, 0) is 32.3 Å². The van der Waals surface area contributed by atoms with Gasteiger partial charge in [0.05, 0.1) is 17.8 Å². The van der Waals surface area contributed by atoms with E-state index in [1.165, 1.54) is 0 Å². The normalized spacial score (nSPS) is 14.8. The molecule has 0 spiro atoms. The zero-order valence-corrected chi connectivity index (χ0v) is 11.0. The van der Waals surface area contributed by atoms with E-state index < -0.39 is 0 Å². The molecule has 0 aliphatic carbocycles. The van der Waals surface area contributed by atoms with Gasteiger partial charge in [0, 0.05) is 19.9 Å². The zero-order valence-electron chi connectivity index (χ0n) is 11.0. The maximum absolute atomic E-state index is 5.62. The minimum absolute atomic E-state index is 0.140. The predicted molar refractivity (Wildman–Crippen MR) is 68.3 cm³/mol. The monoisotopic (exact) mass is 240 g/mol. The quantitative estimate of drug-likeness (QED) is 0.535. The first-order chi connectivity index (χ1) is 8.22. The Labute approximate surface area is 103 Å². The maximum Gasteiger partial charge on any atom is 0.0630 e. The van der Waals surface area contributed by atoms with Crippen LogP contribution < -0.4 is 11.3 Å². The summed E-state index contributed by atoms with van der Waals surface area (Å²) >= 11 is 0. The van der Waals surface area contributed by atoms with Crippen LogP contribution in [0, 0.1) is 0 Å². The van der Waals surface area contributed by atoms with Crippen molar-refractivity contribution in [2.45, 2.75) is 51.8 Å². The molecule has 1 heterocycles. The Morgan fingerprint density at radius 3 is 2.88 bits per heavy atom. The maximum atomic E-state index is 5.62. The van der Waals surface area contributed by atoms with Crippen LogP contribution in [0.15, 0.2) is 12.3 Å². The molecule has 0 aromatic carbocycles. The number of nitrogens with one attached hydrogen (secondary N) is 1. The Hall–Kier alpha value is -0.910. The summed E-state index contributed by atoms with van der Waals surface area (Å²) in [5, 5.41) is 4.31. The molecule has 5 heteroatoms. The Bertz CT molecular complexity index is 313. The fourth-order valence-electron chi connectivity index (χ4n) is 1.87. The third-order valence-electron chi connectivity index (χ3n) is 3.01. The number of hydrogen-bond donors (Lipinski definition) is 2. The number of methoxy groups -OCH3 is 1. The Balaban J connectivity index is 2.62. The Morgan fingerprint density at radius 2 is 2.29 bits per heavy atom. The van der Waals surface area contributed by atoms with Crippen LogP contribution in [0.3, 0.4) is 0 Å². The molecule has 1 rings (SSSR count). The highest BCUT2D eigenvalue weighted by molar-refractivity contribution is 5.06. The summed E-state index contributed by atoms with van der Waals surface area (Å²) < 4.78 is 7.27. The summed E-state index contributed by atoms with van der Waals surface area (Å²) in [7, 11) is 1.73. The number of aryl methyl sites for hydroxylation is 1. The van der Waals surface area contributed by atoms with Crippen molar-refractivity contribution in [3.8, 4) is 0 Å². The number of aromatic nitrogens is 2. The fraction of sp³-hybridized carbons (Fsp3) is 0.750. The van der Waals surface area contributed by atoms with E-state index in [1.54, 1.807) is 7.11 Å². The summed E-state index contributed by atoms with van der Waals surface area (Å²) in [6.07, 6.45) is 5.08. The first kappa shape index (κ1) is 14.2. The summed E-state index contributed by atoms with van der Waals surface area (Å²) in [6, 6.07) is 2.17. The van der Waals surface area contributed by atoms with Crippen molar-refractivity contribution in [2.75, 3.05) is 7.11 Å². The molecule has 5 nitrogen and oxygen atoms in total. The molecule has 98 valence electrons. The van der Waals surface area contributed by atoms with Crippen molar-refractivity contribution >= 4 is 0 Å². The second-order valence-electron chi connectivity index (χ2n) is 4.32. The summed E-state index contributed by atoms with van der Waals surface area (Å²) in [4.78, 5) is 0. The molecule has 2 atom stereocenters. The number of hydrazine groups is 1. The van der Waals surface area contributed by atoms with Crippen molar-refractivity contribution in [3.05, 3.63) is 18.0 Å². The van der Waals surface area contributed by atoms with Crippen molar-refractivity contribution < 1.29 is 4.74 Å². The van der Waals surface area contributed by atoms with Gasteiger partial charge in [0.15, 0.2) is 0 Å². The number of hydrogen-bond acceptors (Lipinski definition) is 4. The molecule has 0 fully saturated rings. The van der Waals surface area contributed by atoms with Gasteiger partial charge in [-0.25, -0.2) is 0 Å². The van der Waals surface area contributed by atoms with Crippen molar-refractivity contribution in [1.82, 2.24) is 15.2 Å². The Morgan fingerprint density at radius 1 is 1.53 bits per heavy atom. The van der Waals surface area contributed by atoms with Gasteiger partial charge in [-0.3, -0.25) is 16.0 Å². The van der Waals surface area contributed by atoms with Gasteiger partial charge in [-0.2, -0.15) is 5.10 Å². The van der Waals surface area contributed by atoms with Crippen molar-refractivity contribution in [2.24, 2.45) is 5.84 Å². The predicted octanol–water partition coefficient (Wildman–Crippen LogP) is 1.61. The van der Waals surface area contributed by atoms with Gasteiger partial charge in [-0.15, -0.1) is 0 Å². The van der Waals surface area contributed by atoms with Crippen molar-refractivity contribution in [1.29, 1.82) is 0 Å². The van der Waals surface area contributed by atoms with E-state index in [1.807, 2.05) is 16.9 Å². The van der Waals surface area contributed by atoms with Gasteiger partial charge in [0.2, 0.25) is 0 Å². The largest absolute Gasteiger partial charge is 0.382 e. The smallest absolute Gasteiger partial charge is 0.0630 e. The summed E-state index contributed by atoms with van der Waals surface area (Å²) in [5.74, 6) is 5.62. The molecule has 0 saturated heterocycles. The second-order valence-corrected chi connectivity index (χ2v) is 4.32. The molecule has 0 saturated carbocycles. The van der Waals surface area contributed by atoms with Crippen LogP contribution in [0.1, 0.15) is 44.8 Å². The molecule has 2 unspecified atom stereocenters. The van der Waals surface area contributed by atoms with E-state index in [9.17, 15) is 0 Å². The highest BCUT2D eigenvalue weighted by Crippen LogP contribution is 2.19. The van der Waals surface area contributed by atoms with E-state index in [4.69, 9.17) is 10.6 Å². The molecular weight excluding hydrogens is 216 g/mol. The molecule has 1 aromatic heterocycles. The SMILES string of the molecule is CCCn1nccc1C(CCC(C)OC)NN. The first-order valence-corrected chi connectivity index (χ1v) is 6.23. The van der Waals surface area contributed by atoms with E-state index in [0.29, 0.717) is 0 Å². The van der Waals surface area contributed by atoms with E-state index in [0.717, 1.165) is 31.5 Å². The van der Waals surface area contributed by atoms with Crippen molar-refractivity contribution in [3.63, 3.8) is 0 Å². The zero-order chi connectivity index (χ0) is 12.7. The topological polar surface area (TPSA) is 65.1 Å². The van der Waals surface area contributed by atoms with Crippen LogP contribution in [-0.2, 0) is 11.3 Å². The van der Waals surface area contributed by atoms with Crippen LogP contribution >= 0.6 is 0 Å². The minimum atomic E-state index is 0.140. The van der Waals surface area contributed by atoms with Gasteiger partial charge in [-0.1, -0.05) is 6.92 Å². The van der Waals surface area contributed by atoms with Crippen LogP contribution in [0.25, 0.3) is 0 Å². The fourth-order valence-corrected chi connectivity index (χ4v) is 1.87. The number of ether oxygens (including phenoxy) is 1. The second kappa shape index (κ2) is 7.42. The molecule has 3 N–H and O–H groups in total. The average Bonchev–Trinajstić information content (AvgIpc) is 2.78. The Kier molecular flexibility index (Phi) is 6.18. The number of nitrogens with zero attached hydrogens (tertiary/aromatic N) is 2. The standard InChI is InChI=1S/C12H24N4O/c1-4-9-16-12(7-8-14-16)11(15-13)6-5-10(2)17-3/h7-8,10-11,15H,4-6,9,13H2,1-3H3. The van der Waals surface area contributed by atoms with Crippen LogP contribution in [-0.4, -0.2) is 23.0 Å². The van der Waals surface area contributed by atoms with E-state index in [2.05, 4.69) is 24.4 Å². The molecule has 0 aliphatic heterocycles. The molecule has 1 aromatic rings. The van der Waals surface area contributed by atoms with Crippen LogP contribution in [0.2, 0.25) is 0 Å². The van der Waals surface area contributed by atoms with Gasteiger partial charge >= 0.3 is 0 Å². The lowest BCUT2D eigenvalue weighted by atomic mass is 10.1. The summed E-state index contributed by atoms with van der Waals surface area (Å²) in [6.45, 7) is 5.14. The van der Waals surface area contributed by atoms with Gasteiger partial charge in [0.1, 0.15) is 0 Å².